The number of nitrogens with zero attached hydrogens (tertiary/aromatic N) is 4. The maximum atomic E-state index is 13.8. The predicted molar refractivity (Wildman–Crippen MR) is 289 cm³/mol. The Morgan fingerprint density at radius 3 is 1.12 bits per heavy atom. The van der Waals surface area contributed by atoms with Crippen LogP contribution in [0.3, 0.4) is 0 Å². The Hall–Kier alpha value is -8.64. The summed E-state index contributed by atoms with van der Waals surface area (Å²) in [6.07, 6.45) is -9.51. The van der Waals surface area contributed by atoms with E-state index in [0.29, 0.717) is 0 Å². The van der Waals surface area contributed by atoms with Gasteiger partial charge in [0.1, 0.15) is 11.1 Å². The summed E-state index contributed by atoms with van der Waals surface area (Å²) >= 11 is 0. The van der Waals surface area contributed by atoms with Gasteiger partial charge < -0.3 is 40.2 Å². The molecule has 2 heterocycles. The number of alkyl halides is 6. The normalized spacial score (nSPS) is 12.1. The van der Waals surface area contributed by atoms with Gasteiger partial charge >= 0.3 is 24.2 Å². The number of aromatic nitrogens is 2. The molecule has 0 bridgehead atoms. The fourth-order valence-electron chi connectivity index (χ4n) is 7.83. The molecule has 4 N–H and O–H groups in total. The second-order valence-corrected chi connectivity index (χ2v) is 20.6. The van der Waals surface area contributed by atoms with Gasteiger partial charge in [-0.15, -0.1) is 0 Å². The zero-order valence-corrected chi connectivity index (χ0v) is 46.3. The predicted octanol–water partition coefficient (Wildman–Crippen LogP) is 5.18. The molecule has 2 unspecified atom stereocenters. The molecule has 6 rings (SSSR count). The van der Waals surface area contributed by atoms with E-state index in [1.54, 1.807) is 0 Å². The minimum absolute atomic E-state index is 0.0112. The van der Waals surface area contributed by atoms with Crippen LogP contribution in [0.25, 0.3) is 11.4 Å². The van der Waals surface area contributed by atoms with E-state index in [0.717, 1.165) is 57.7 Å². The summed E-state index contributed by atoms with van der Waals surface area (Å²) in [4.78, 5) is 79.0. The van der Waals surface area contributed by atoms with Gasteiger partial charge in [-0.25, -0.2) is 8.42 Å². The third kappa shape index (κ3) is 17.2. The Kier molecular flexibility index (Phi) is 23.1. The van der Waals surface area contributed by atoms with Gasteiger partial charge in [0.05, 0.1) is 119 Å². The summed E-state index contributed by atoms with van der Waals surface area (Å²) in [6, 6.07) is 25.2. The van der Waals surface area contributed by atoms with E-state index in [1.807, 2.05) is 12.1 Å². The van der Waals surface area contributed by atoms with Crippen LogP contribution in [-0.4, -0.2) is 120 Å². The standard InChI is InChI=1S/C56H52F6N8O12S2/c1-35-47(83(77)43-13-9-37(33-63)10-14-43)31-45(53(75)69(35)41-7-3-5-39(29-41)55(57,58)59)49(71)65-17-21-79-25-27-81-23-19-67-51(73)52(74)68-20-24-82-28-26-80-22-18-66-50(72)46-32-48(84(78)44-15-11-38(34-64)12-16-44)36(2)70(54(46)76)42-8-4-6-40(30-42)56(60,61)62/h3-16,29-32H,17-28H2,1-2H3,(H,65,71)(H,66,72)(H,67,73)(H,68,74). The van der Waals surface area contributed by atoms with Crippen molar-refractivity contribution >= 4 is 45.2 Å². The number of carbonyl (C=O) groups excluding carboxylic acids is 4. The van der Waals surface area contributed by atoms with Crippen molar-refractivity contribution in [2.45, 2.75) is 45.8 Å². The van der Waals surface area contributed by atoms with Crippen molar-refractivity contribution in [3.63, 3.8) is 0 Å². The highest BCUT2D eigenvalue weighted by Gasteiger charge is 2.33. The van der Waals surface area contributed by atoms with Crippen LogP contribution < -0.4 is 32.4 Å². The van der Waals surface area contributed by atoms with Gasteiger partial charge in [-0.3, -0.25) is 37.9 Å². The minimum atomic E-state index is -4.75. The van der Waals surface area contributed by atoms with Crippen molar-refractivity contribution in [1.82, 2.24) is 30.4 Å². The molecule has 6 aromatic rings. The quantitative estimate of drug-likeness (QED) is 0.0310. The van der Waals surface area contributed by atoms with Crippen LogP contribution in [0.5, 0.6) is 0 Å². The molecule has 0 aliphatic heterocycles. The summed E-state index contributed by atoms with van der Waals surface area (Å²) in [5, 5.41) is 28.1. The maximum absolute atomic E-state index is 13.8. The van der Waals surface area contributed by atoms with Gasteiger partial charge in [-0.2, -0.15) is 36.9 Å². The lowest BCUT2D eigenvalue weighted by Crippen LogP contribution is -2.42. The first kappa shape index (κ1) is 64.5. The number of pyridine rings is 2. The summed E-state index contributed by atoms with van der Waals surface area (Å²) in [5.74, 6) is -3.74. The third-order valence-electron chi connectivity index (χ3n) is 12.0. The van der Waals surface area contributed by atoms with Crippen LogP contribution in [0.4, 0.5) is 26.3 Å². The molecule has 20 nitrogen and oxygen atoms in total. The number of hydrogen-bond donors (Lipinski definition) is 4. The van der Waals surface area contributed by atoms with Crippen molar-refractivity contribution in [2.24, 2.45) is 0 Å². The maximum Gasteiger partial charge on any atom is 0.416 e. The lowest BCUT2D eigenvalue weighted by atomic mass is 10.1. The lowest BCUT2D eigenvalue weighted by molar-refractivity contribution is -0.139. The SMILES string of the molecule is Cc1c(S(=O)c2ccc(C#N)cc2)cc(C(=O)NCCOCCOCCNC(=O)C(=O)NCCOCCOCCNC(=O)c2cc(S(=O)c3ccc(C#N)cc3)c(C)n(-c3cccc(C(F)(F)F)c3)c2=O)c(=O)n1-c1cccc(C(F)(F)F)c1. The first-order valence-corrected chi connectivity index (χ1v) is 27.5. The van der Waals surface area contributed by atoms with Gasteiger partial charge in [-0.1, -0.05) is 12.1 Å². The number of ether oxygens (including phenoxy) is 4. The van der Waals surface area contributed by atoms with Crippen molar-refractivity contribution in [3.05, 3.63) is 175 Å². The highest BCUT2D eigenvalue weighted by atomic mass is 32.2. The van der Waals surface area contributed by atoms with Gasteiger partial charge in [0, 0.05) is 58.7 Å². The van der Waals surface area contributed by atoms with E-state index in [4.69, 9.17) is 29.5 Å². The molecule has 442 valence electrons. The minimum Gasteiger partial charge on any atom is -0.377 e. The Morgan fingerprint density at radius 1 is 0.488 bits per heavy atom. The lowest BCUT2D eigenvalue weighted by Gasteiger charge is -2.18. The molecular weight excluding hydrogens is 1150 g/mol. The molecule has 0 aliphatic rings. The largest absolute Gasteiger partial charge is 0.416 e. The van der Waals surface area contributed by atoms with Crippen LogP contribution in [0.2, 0.25) is 0 Å². The van der Waals surface area contributed by atoms with Crippen LogP contribution >= 0.6 is 0 Å². The fraction of sp³-hybridized carbons (Fsp3) is 0.286. The summed E-state index contributed by atoms with van der Waals surface area (Å²) in [7, 11) is -4.09. The average Bonchev–Trinajstić information content (AvgIpc) is 2.23. The third-order valence-corrected chi connectivity index (χ3v) is 15.1. The van der Waals surface area contributed by atoms with Gasteiger partial charge in [0.25, 0.3) is 22.9 Å². The number of benzene rings is 4. The zero-order valence-electron chi connectivity index (χ0n) is 44.6. The molecule has 4 amide bonds. The summed E-state index contributed by atoms with van der Waals surface area (Å²) < 4.78 is 133. The first-order chi connectivity index (χ1) is 40.0. The molecule has 0 spiro atoms. The Labute approximate surface area is 480 Å². The molecule has 0 saturated heterocycles. The van der Waals surface area contributed by atoms with Crippen LogP contribution in [0, 0.1) is 36.5 Å². The van der Waals surface area contributed by atoms with E-state index in [1.165, 1.54) is 74.5 Å². The molecule has 0 fully saturated rings. The smallest absolute Gasteiger partial charge is 0.377 e. The molecule has 2 aromatic heterocycles. The molecule has 0 radical (unpaired) electrons. The summed E-state index contributed by atoms with van der Waals surface area (Å²) in [5.41, 5.74) is -4.94. The van der Waals surface area contributed by atoms with Gasteiger partial charge in [-0.05, 0) is 111 Å². The monoisotopic (exact) mass is 1210 g/mol. The highest BCUT2D eigenvalue weighted by Crippen LogP contribution is 2.33. The van der Waals surface area contributed by atoms with Crippen molar-refractivity contribution in [1.29, 1.82) is 10.5 Å². The van der Waals surface area contributed by atoms with E-state index in [9.17, 15) is 63.5 Å². The number of amides is 4. The number of carbonyl (C=O) groups is 4. The molecule has 84 heavy (non-hydrogen) atoms. The number of nitrogens with one attached hydrogen (secondary N) is 4. The molecule has 0 saturated carbocycles. The van der Waals surface area contributed by atoms with Gasteiger partial charge in [0.15, 0.2) is 0 Å². The first-order valence-electron chi connectivity index (χ1n) is 25.2. The van der Waals surface area contributed by atoms with E-state index < -0.39 is 91.0 Å². The highest BCUT2D eigenvalue weighted by molar-refractivity contribution is 7.85. The Morgan fingerprint density at radius 2 is 0.810 bits per heavy atom. The fourth-order valence-corrected chi connectivity index (χ4v) is 10.3. The number of nitriles is 2. The van der Waals surface area contributed by atoms with E-state index in [-0.39, 0.29) is 133 Å². The molecule has 4 aromatic carbocycles. The van der Waals surface area contributed by atoms with Crippen LogP contribution in [-0.2, 0) is 62.5 Å². The average molecular weight is 1210 g/mol. The number of hydrogen-bond acceptors (Lipinski definition) is 14. The van der Waals surface area contributed by atoms with E-state index in [2.05, 4.69) is 21.3 Å². The molecule has 28 heteroatoms. The second kappa shape index (κ2) is 30.1. The number of rotatable bonds is 26. The van der Waals surface area contributed by atoms with Crippen molar-refractivity contribution in [2.75, 3.05) is 79.0 Å². The molecule has 0 aliphatic carbocycles. The van der Waals surface area contributed by atoms with E-state index >= 15 is 0 Å². The van der Waals surface area contributed by atoms with Crippen molar-refractivity contribution in [3.8, 4) is 23.5 Å². The molecular formula is C56H52F6N8O12S2. The Balaban J connectivity index is 0.861. The van der Waals surface area contributed by atoms with Crippen LogP contribution in [0.1, 0.15) is 54.4 Å². The van der Waals surface area contributed by atoms with Crippen LogP contribution in [0.15, 0.2) is 138 Å². The van der Waals surface area contributed by atoms with Crippen molar-refractivity contribution < 1.29 is 72.9 Å². The zero-order chi connectivity index (χ0) is 61.1. The summed E-state index contributed by atoms with van der Waals surface area (Å²) in [6.45, 7) is 2.37. The topological polar surface area (TPSA) is 279 Å². The molecule has 2 atom stereocenters. The van der Waals surface area contributed by atoms with Gasteiger partial charge in [0.2, 0.25) is 0 Å². The Bertz CT molecular complexity index is 3400. The number of halogens is 6. The second-order valence-electron chi connectivity index (χ2n) is 17.7.